The summed E-state index contributed by atoms with van der Waals surface area (Å²) in [5.74, 6) is -0.631. The zero-order chi connectivity index (χ0) is 27.5. The smallest absolute Gasteiger partial charge is 0.303 e. The number of carbonyl (C=O) groups excluding carboxylic acids is 1. The van der Waals surface area contributed by atoms with Crippen molar-refractivity contribution in [1.82, 2.24) is 0 Å². The van der Waals surface area contributed by atoms with Crippen LogP contribution in [0.2, 0.25) is 0 Å². The Kier molecular flexibility index (Phi) is 6.95. The van der Waals surface area contributed by atoms with Crippen molar-refractivity contribution in [2.24, 2.45) is 5.41 Å². The van der Waals surface area contributed by atoms with Crippen molar-refractivity contribution in [2.75, 3.05) is 0 Å². The van der Waals surface area contributed by atoms with E-state index in [1.54, 1.807) is 19.9 Å². The molecule has 2 aliphatic heterocycles. The van der Waals surface area contributed by atoms with E-state index >= 15 is 0 Å². The van der Waals surface area contributed by atoms with Crippen molar-refractivity contribution in [1.29, 1.82) is 0 Å². The monoisotopic (exact) mass is 514 g/mol. The molecule has 6 atom stereocenters. The van der Waals surface area contributed by atoms with Gasteiger partial charge >= 0.3 is 5.97 Å². The molecule has 7 heteroatoms. The summed E-state index contributed by atoms with van der Waals surface area (Å²) < 4.78 is 18.6. The fraction of sp³-hybridized carbons (Fsp3) is 0.633. The summed E-state index contributed by atoms with van der Waals surface area (Å²) in [6, 6.07) is 1.55. The Morgan fingerprint density at radius 3 is 2.49 bits per heavy atom. The zero-order valence-electron chi connectivity index (χ0n) is 23.3. The Bertz CT molecular complexity index is 1140. The van der Waals surface area contributed by atoms with E-state index < -0.39 is 29.2 Å². The van der Waals surface area contributed by atoms with Crippen LogP contribution in [0.25, 0.3) is 6.08 Å². The number of phenolic OH excluding ortho intramolecular Hbond substituents is 2. The first-order valence-corrected chi connectivity index (χ1v) is 13.3. The predicted molar refractivity (Wildman–Crippen MR) is 142 cm³/mol. The normalized spacial score (nSPS) is 31.2. The van der Waals surface area contributed by atoms with Gasteiger partial charge in [-0.15, -0.1) is 0 Å². The first-order chi connectivity index (χ1) is 17.1. The van der Waals surface area contributed by atoms with Gasteiger partial charge in [-0.25, -0.2) is 0 Å². The largest absolute Gasteiger partial charge is 0.507 e. The van der Waals surface area contributed by atoms with Gasteiger partial charge < -0.3 is 29.5 Å². The second-order valence-corrected chi connectivity index (χ2v) is 12.1. The maximum atomic E-state index is 11.8. The first-order valence-electron chi connectivity index (χ1n) is 13.3. The van der Waals surface area contributed by atoms with Crippen molar-refractivity contribution < 1.29 is 34.3 Å². The molecule has 1 saturated carbocycles. The highest BCUT2D eigenvalue weighted by molar-refractivity contribution is 5.76. The molecule has 0 aromatic heterocycles. The lowest BCUT2D eigenvalue weighted by atomic mass is 9.58. The molecule has 1 aliphatic carbocycles. The topological polar surface area (TPSA) is 105 Å². The van der Waals surface area contributed by atoms with E-state index in [-0.39, 0.29) is 34.9 Å². The lowest BCUT2D eigenvalue weighted by Gasteiger charge is -2.56. The average molecular weight is 515 g/mol. The maximum Gasteiger partial charge on any atom is 0.303 e. The van der Waals surface area contributed by atoms with Crippen LogP contribution in [0.3, 0.4) is 0 Å². The Balaban J connectivity index is 1.76. The van der Waals surface area contributed by atoms with Gasteiger partial charge in [-0.1, -0.05) is 19.9 Å². The summed E-state index contributed by atoms with van der Waals surface area (Å²) in [5, 5.41) is 33.1. The minimum atomic E-state index is -0.918. The highest BCUT2D eigenvalue weighted by Crippen LogP contribution is 2.59. The standard InChI is InChI=1S/C30H42O7/c1-9-16(2)26(35-18(4)31)17(3)19-14-21(32)20-15-22-29(7)12-10-23(28(5,6)34)36-24(29)11-13-30(22,8)37-27(20)25(19)33/h9,14-15,17,23-24,26,32-34H,10-13H2,1-8H3. The van der Waals surface area contributed by atoms with Crippen LogP contribution in [0.1, 0.15) is 98.1 Å². The van der Waals surface area contributed by atoms with Gasteiger partial charge in [0.15, 0.2) is 11.5 Å². The van der Waals surface area contributed by atoms with Gasteiger partial charge in [0.1, 0.15) is 17.5 Å². The number of esters is 1. The molecule has 2 fully saturated rings. The molecular weight excluding hydrogens is 472 g/mol. The summed E-state index contributed by atoms with van der Waals surface area (Å²) in [6.45, 7) is 14.7. The maximum absolute atomic E-state index is 11.8. The molecule has 0 radical (unpaired) electrons. The summed E-state index contributed by atoms with van der Waals surface area (Å²) in [4.78, 5) is 11.8. The fourth-order valence-electron chi connectivity index (χ4n) is 6.52. The van der Waals surface area contributed by atoms with Gasteiger partial charge in [0.25, 0.3) is 0 Å². The predicted octanol–water partition coefficient (Wildman–Crippen LogP) is 5.75. The van der Waals surface area contributed by atoms with Crippen molar-refractivity contribution in [3.05, 3.63) is 34.4 Å². The highest BCUT2D eigenvalue weighted by atomic mass is 16.5. The van der Waals surface area contributed by atoms with Crippen molar-refractivity contribution in [3.63, 3.8) is 0 Å². The molecule has 1 saturated heterocycles. The van der Waals surface area contributed by atoms with Crippen LogP contribution in [0.5, 0.6) is 17.2 Å². The van der Waals surface area contributed by atoms with Crippen LogP contribution >= 0.6 is 0 Å². The number of carbonyl (C=O) groups is 1. The average Bonchev–Trinajstić information content (AvgIpc) is 2.81. The summed E-state index contributed by atoms with van der Waals surface area (Å²) >= 11 is 0. The fourth-order valence-corrected chi connectivity index (χ4v) is 6.52. The van der Waals surface area contributed by atoms with E-state index in [0.29, 0.717) is 24.0 Å². The van der Waals surface area contributed by atoms with E-state index in [1.807, 2.05) is 39.8 Å². The second-order valence-electron chi connectivity index (χ2n) is 12.1. The zero-order valence-corrected chi connectivity index (χ0v) is 23.3. The lowest BCUT2D eigenvalue weighted by Crippen LogP contribution is -2.58. The minimum Gasteiger partial charge on any atom is -0.507 e. The number of aromatic hydroxyl groups is 2. The van der Waals surface area contributed by atoms with Crippen molar-refractivity contribution >= 4 is 12.0 Å². The third-order valence-corrected chi connectivity index (χ3v) is 8.88. The lowest BCUT2D eigenvalue weighted by molar-refractivity contribution is -0.192. The minimum absolute atomic E-state index is 0.000672. The number of fused-ring (bicyclic) bond motifs is 4. The van der Waals surface area contributed by atoms with Crippen molar-refractivity contribution in [3.8, 4) is 17.2 Å². The molecule has 204 valence electrons. The molecule has 1 aromatic rings. The number of aliphatic hydroxyl groups is 1. The molecule has 4 rings (SSSR count). The molecule has 3 aliphatic rings. The van der Waals surface area contributed by atoms with E-state index in [2.05, 4.69) is 6.92 Å². The van der Waals surface area contributed by atoms with Gasteiger partial charge in [0.05, 0.1) is 23.4 Å². The quantitative estimate of drug-likeness (QED) is 0.261. The highest BCUT2D eigenvalue weighted by Gasteiger charge is 2.56. The Morgan fingerprint density at radius 2 is 1.89 bits per heavy atom. The molecule has 3 N–H and O–H groups in total. The van der Waals surface area contributed by atoms with Crippen LogP contribution < -0.4 is 4.74 Å². The molecule has 1 aromatic carbocycles. The Morgan fingerprint density at radius 1 is 1.22 bits per heavy atom. The third kappa shape index (κ3) is 4.65. The van der Waals surface area contributed by atoms with Gasteiger partial charge in [0.2, 0.25) is 0 Å². The van der Waals surface area contributed by atoms with Crippen LogP contribution in [-0.4, -0.2) is 50.8 Å². The number of benzene rings is 1. The number of ether oxygens (including phenoxy) is 3. The SMILES string of the molecule is CC=C(C)C(OC(C)=O)C(C)c1cc(O)c2c(c1O)OC1(C)CCC3OC(C(C)(C)O)CCC3(C)C1=C2. The van der Waals surface area contributed by atoms with Crippen LogP contribution in [0, 0.1) is 5.41 Å². The molecular formula is C30H42O7. The molecule has 0 amide bonds. The first kappa shape index (κ1) is 27.5. The number of hydrogen-bond donors (Lipinski definition) is 3. The number of hydrogen-bond acceptors (Lipinski definition) is 7. The number of rotatable bonds is 5. The molecule has 0 bridgehead atoms. The summed E-state index contributed by atoms with van der Waals surface area (Å²) in [7, 11) is 0. The summed E-state index contributed by atoms with van der Waals surface area (Å²) in [5.41, 5.74) is 0.863. The van der Waals surface area contributed by atoms with Gasteiger partial charge in [-0.2, -0.15) is 0 Å². The Hall–Kier alpha value is -2.51. The molecule has 0 spiro atoms. The molecule has 6 unspecified atom stereocenters. The van der Waals surface area contributed by atoms with E-state index in [0.717, 1.165) is 24.0 Å². The number of phenols is 2. The van der Waals surface area contributed by atoms with Crippen LogP contribution in [-0.2, 0) is 14.3 Å². The number of allylic oxidation sites excluding steroid dienone is 1. The second kappa shape index (κ2) is 9.35. The van der Waals surface area contributed by atoms with E-state index in [4.69, 9.17) is 14.2 Å². The van der Waals surface area contributed by atoms with Crippen molar-refractivity contribution in [2.45, 2.75) is 117 Å². The molecule has 2 heterocycles. The van der Waals surface area contributed by atoms with Crippen LogP contribution in [0.4, 0.5) is 0 Å². The van der Waals surface area contributed by atoms with E-state index in [9.17, 15) is 20.1 Å². The van der Waals surface area contributed by atoms with Gasteiger partial charge in [-0.3, -0.25) is 4.79 Å². The molecule has 7 nitrogen and oxygen atoms in total. The summed E-state index contributed by atoms with van der Waals surface area (Å²) in [6.07, 6.45) is 5.89. The van der Waals surface area contributed by atoms with Gasteiger partial charge in [0, 0.05) is 23.8 Å². The van der Waals surface area contributed by atoms with Gasteiger partial charge in [-0.05, 0) is 83.6 Å². The van der Waals surface area contributed by atoms with Crippen LogP contribution in [0.15, 0.2) is 23.3 Å². The van der Waals surface area contributed by atoms with E-state index in [1.165, 1.54) is 6.92 Å². The third-order valence-electron chi connectivity index (χ3n) is 8.88. The Labute approximate surface area is 220 Å². The molecule has 37 heavy (non-hydrogen) atoms.